The summed E-state index contributed by atoms with van der Waals surface area (Å²) in [6.45, 7) is 4.69. The highest BCUT2D eigenvalue weighted by molar-refractivity contribution is 6.31. The van der Waals surface area contributed by atoms with Gasteiger partial charge in [0.1, 0.15) is 12.4 Å². The van der Waals surface area contributed by atoms with Gasteiger partial charge in [0.2, 0.25) is 5.91 Å². The first-order chi connectivity index (χ1) is 14.0. The van der Waals surface area contributed by atoms with Crippen LogP contribution in [-0.4, -0.2) is 49.5 Å². The molecule has 0 unspecified atom stereocenters. The summed E-state index contributed by atoms with van der Waals surface area (Å²) in [6.07, 6.45) is 2.05. The van der Waals surface area contributed by atoms with Crippen LogP contribution in [-0.2, 0) is 4.79 Å². The molecule has 0 atom stereocenters. The Hall–Kier alpha value is -2.73. The lowest BCUT2D eigenvalue weighted by atomic mass is 10.0. The Bertz CT molecular complexity index is 941. The molecule has 2 aliphatic heterocycles. The van der Waals surface area contributed by atoms with Crippen molar-refractivity contribution in [1.82, 2.24) is 4.90 Å². The number of carbonyl (C=O) groups is 2. The van der Waals surface area contributed by atoms with E-state index in [4.69, 9.17) is 16.3 Å². The number of ether oxygens (including phenoxy) is 1. The van der Waals surface area contributed by atoms with Crippen LogP contribution in [0.5, 0.6) is 5.75 Å². The van der Waals surface area contributed by atoms with E-state index in [1.165, 1.54) is 0 Å². The fourth-order valence-electron chi connectivity index (χ4n) is 3.91. The second-order valence-electron chi connectivity index (χ2n) is 7.43. The molecule has 0 aromatic heterocycles. The Morgan fingerprint density at radius 1 is 1.14 bits per heavy atom. The van der Waals surface area contributed by atoms with Crippen LogP contribution in [0.3, 0.4) is 0 Å². The molecule has 2 amide bonds. The highest BCUT2D eigenvalue weighted by atomic mass is 35.5. The molecule has 2 aromatic carbocycles. The third kappa shape index (κ3) is 4.17. The minimum atomic E-state index is -0.182. The predicted molar refractivity (Wildman–Crippen MR) is 114 cm³/mol. The molecule has 6 nitrogen and oxygen atoms in total. The van der Waals surface area contributed by atoms with Crippen molar-refractivity contribution in [3.05, 3.63) is 52.5 Å². The number of hydrogen-bond donors (Lipinski definition) is 1. The number of nitrogens with zero attached hydrogens (tertiary/aromatic N) is 2. The fourth-order valence-corrected chi connectivity index (χ4v) is 4.07. The van der Waals surface area contributed by atoms with Crippen LogP contribution in [0.2, 0.25) is 5.02 Å². The molecule has 1 fully saturated rings. The van der Waals surface area contributed by atoms with Crippen molar-refractivity contribution in [2.45, 2.75) is 19.8 Å². The summed E-state index contributed by atoms with van der Waals surface area (Å²) in [5, 5.41) is 3.54. The van der Waals surface area contributed by atoms with Crippen LogP contribution < -0.4 is 15.0 Å². The summed E-state index contributed by atoms with van der Waals surface area (Å²) in [5.41, 5.74) is 2.80. The van der Waals surface area contributed by atoms with Crippen LogP contribution in [0, 0.1) is 6.92 Å². The number of carbonyl (C=O) groups excluding carboxylic acids is 2. The van der Waals surface area contributed by atoms with Crippen molar-refractivity contribution >= 4 is 34.8 Å². The largest absolute Gasteiger partial charge is 0.490 e. The number of benzene rings is 2. The van der Waals surface area contributed by atoms with Gasteiger partial charge in [0.15, 0.2) is 0 Å². The number of likely N-dealkylation sites (tertiary alicyclic amines) is 1. The van der Waals surface area contributed by atoms with Crippen LogP contribution in [0.15, 0.2) is 36.4 Å². The molecule has 4 rings (SSSR count). The molecule has 29 heavy (non-hydrogen) atoms. The van der Waals surface area contributed by atoms with Crippen molar-refractivity contribution in [3.8, 4) is 5.75 Å². The average molecular weight is 414 g/mol. The molecular formula is C22H24ClN3O3. The van der Waals surface area contributed by atoms with Crippen molar-refractivity contribution in [3.63, 3.8) is 0 Å². The predicted octanol–water partition coefficient (Wildman–Crippen LogP) is 3.72. The fraction of sp³-hybridized carbons (Fsp3) is 0.364. The van der Waals surface area contributed by atoms with Gasteiger partial charge in [-0.2, -0.15) is 0 Å². The van der Waals surface area contributed by atoms with E-state index < -0.39 is 0 Å². The van der Waals surface area contributed by atoms with Gasteiger partial charge >= 0.3 is 0 Å². The molecule has 2 heterocycles. The average Bonchev–Trinajstić information content (AvgIpc) is 3.23. The molecule has 2 aromatic rings. The molecule has 0 bridgehead atoms. The molecule has 0 spiro atoms. The summed E-state index contributed by atoms with van der Waals surface area (Å²) in [4.78, 5) is 29.6. The summed E-state index contributed by atoms with van der Waals surface area (Å²) in [5.74, 6) is 0.521. The van der Waals surface area contributed by atoms with Crippen molar-refractivity contribution in [2.75, 3.05) is 43.0 Å². The second kappa shape index (κ2) is 8.33. The van der Waals surface area contributed by atoms with Gasteiger partial charge in [-0.1, -0.05) is 23.7 Å². The molecule has 0 radical (unpaired) electrons. The van der Waals surface area contributed by atoms with Crippen molar-refractivity contribution < 1.29 is 14.3 Å². The zero-order valence-corrected chi connectivity index (χ0v) is 17.2. The quantitative estimate of drug-likeness (QED) is 0.829. The molecular weight excluding hydrogens is 390 g/mol. The molecule has 7 heteroatoms. The van der Waals surface area contributed by atoms with E-state index in [0.29, 0.717) is 35.2 Å². The maximum atomic E-state index is 13.0. The maximum absolute atomic E-state index is 13.0. The first-order valence-corrected chi connectivity index (χ1v) is 10.3. The third-order valence-electron chi connectivity index (χ3n) is 5.37. The van der Waals surface area contributed by atoms with E-state index in [1.54, 1.807) is 18.2 Å². The van der Waals surface area contributed by atoms with Crippen LogP contribution in [0.25, 0.3) is 0 Å². The number of rotatable bonds is 4. The van der Waals surface area contributed by atoms with Gasteiger partial charge in [-0.3, -0.25) is 9.59 Å². The van der Waals surface area contributed by atoms with Crippen LogP contribution in [0.4, 0.5) is 11.4 Å². The lowest BCUT2D eigenvalue weighted by molar-refractivity contribution is -0.115. The number of anilines is 2. The van der Waals surface area contributed by atoms with Gasteiger partial charge in [-0.15, -0.1) is 0 Å². The standard InChI is InChI=1S/C22H24ClN3O3/c1-15-5-4-6-17(21(15)22(28)25-9-2-3-10-25)24-20(27)14-26-11-12-29-19-8-7-16(23)13-18(19)26/h4-8,13H,2-3,9-12,14H2,1H3,(H,24,27). The Labute approximate surface area is 175 Å². The smallest absolute Gasteiger partial charge is 0.256 e. The zero-order valence-electron chi connectivity index (χ0n) is 16.4. The van der Waals surface area contributed by atoms with Gasteiger partial charge in [-0.25, -0.2) is 0 Å². The van der Waals surface area contributed by atoms with Gasteiger partial charge in [0.25, 0.3) is 5.91 Å². The lowest BCUT2D eigenvalue weighted by Gasteiger charge is -2.31. The minimum absolute atomic E-state index is 0.0144. The maximum Gasteiger partial charge on any atom is 0.256 e. The molecule has 2 aliphatic rings. The first kappa shape index (κ1) is 19.6. The van der Waals surface area contributed by atoms with Gasteiger partial charge in [0, 0.05) is 18.1 Å². The number of aryl methyl sites for hydroxylation is 1. The number of hydrogen-bond acceptors (Lipinski definition) is 4. The summed E-state index contributed by atoms with van der Waals surface area (Å²) < 4.78 is 5.65. The molecule has 0 saturated carbocycles. The van der Waals surface area contributed by atoms with E-state index in [9.17, 15) is 9.59 Å². The van der Waals surface area contributed by atoms with Crippen LogP contribution >= 0.6 is 11.6 Å². The Morgan fingerprint density at radius 3 is 2.72 bits per heavy atom. The molecule has 1 saturated heterocycles. The highest BCUT2D eigenvalue weighted by Gasteiger charge is 2.25. The van der Waals surface area contributed by atoms with E-state index in [-0.39, 0.29) is 18.4 Å². The van der Waals surface area contributed by atoms with E-state index >= 15 is 0 Å². The number of nitrogens with one attached hydrogen (secondary N) is 1. The van der Waals surface area contributed by atoms with Crippen molar-refractivity contribution in [2.24, 2.45) is 0 Å². The normalized spacial score (nSPS) is 15.7. The summed E-state index contributed by atoms with van der Waals surface area (Å²) in [6, 6.07) is 10.9. The van der Waals surface area contributed by atoms with E-state index in [1.807, 2.05) is 34.9 Å². The Kier molecular flexibility index (Phi) is 5.62. The molecule has 0 aliphatic carbocycles. The number of fused-ring (bicyclic) bond motifs is 1. The number of halogens is 1. The molecule has 1 N–H and O–H groups in total. The van der Waals surface area contributed by atoms with Gasteiger partial charge < -0.3 is 19.9 Å². The monoisotopic (exact) mass is 413 g/mol. The van der Waals surface area contributed by atoms with E-state index in [0.717, 1.165) is 37.2 Å². The minimum Gasteiger partial charge on any atom is -0.490 e. The summed E-state index contributed by atoms with van der Waals surface area (Å²) in [7, 11) is 0. The summed E-state index contributed by atoms with van der Waals surface area (Å²) >= 11 is 6.12. The third-order valence-corrected chi connectivity index (χ3v) is 5.60. The molecule has 152 valence electrons. The zero-order chi connectivity index (χ0) is 20.4. The Balaban J connectivity index is 1.52. The van der Waals surface area contributed by atoms with E-state index in [2.05, 4.69) is 5.32 Å². The lowest BCUT2D eigenvalue weighted by Crippen LogP contribution is -2.39. The topological polar surface area (TPSA) is 61.9 Å². The van der Waals surface area contributed by atoms with Crippen molar-refractivity contribution in [1.29, 1.82) is 0 Å². The Morgan fingerprint density at radius 2 is 1.93 bits per heavy atom. The highest BCUT2D eigenvalue weighted by Crippen LogP contribution is 2.34. The number of amides is 2. The van der Waals surface area contributed by atoms with Crippen LogP contribution in [0.1, 0.15) is 28.8 Å². The van der Waals surface area contributed by atoms with Gasteiger partial charge in [0.05, 0.1) is 30.0 Å². The first-order valence-electron chi connectivity index (χ1n) is 9.89. The van der Waals surface area contributed by atoms with Gasteiger partial charge in [-0.05, 0) is 49.6 Å². The SMILES string of the molecule is Cc1cccc(NC(=O)CN2CCOc3ccc(Cl)cc32)c1C(=O)N1CCCC1. The second-order valence-corrected chi connectivity index (χ2v) is 7.86.